The largest absolute Gasteiger partial charge is 0.312 e. The zero-order valence-corrected chi connectivity index (χ0v) is 13.6. The molecule has 1 aliphatic rings. The summed E-state index contributed by atoms with van der Waals surface area (Å²) >= 11 is 4.79. The Kier molecular flexibility index (Phi) is 4.04. The van der Waals surface area contributed by atoms with Gasteiger partial charge in [-0.05, 0) is 59.3 Å². The Morgan fingerprint density at radius 2 is 2.24 bits per heavy atom. The summed E-state index contributed by atoms with van der Waals surface area (Å²) < 4.78 is 0.502. The van der Waals surface area contributed by atoms with Crippen LogP contribution in [0, 0.1) is 11.3 Å². The van der Waals surface area contributed by atoms with Crippen LogP contribution in [0.25, 0.3) is 0 Å². The Morgan fingerprint density at radius 1 is 1.43 bits per heavy atom. The van der Waals surface area contributed by atoms with E-state index < -0.39 is 0 Å². The normalized spacial score (nSPS) is 13.3. The summed E-state index contributed by atoms with van der Waals surface area (Å²) in [6, 6.07) is 5.66. The highest BCUT2D eigenvalue weighted by Gasteiger charge is 2.22. The first-order valence-electron chi connectivity index (χ1n) is 6.67. The van der Waals surface area contributed by atoms with Crippen LogP contribution in [-0.2, 0) is 12.8 Å². The number of amides is 1. The molecule has 2 aromatic rings. The van der Waals surface area contributed by atoms with Crippen molar-refractivity contribution in [3.05, 3.63) is 44.5 Å². The maximum absolute atomic E-state index is 12.3. The van der Waals surface area contributed by atoms with Gasteiger partial charge >= 0.3 is 0 Å². The van der Waals surface area contributed by atoms with Crippen molar-refractivity contribution in [3.8, 4) is 6.07 Å². The molecule has 0 saturated heterocycles. The second-order valence-corrected chi connectivity index (χ2v) is 6.68. The van der Waals surface area contributed by atoms with Crippen molar-refractivity contribution >= 4 is 38.2 Å². The summed E-state index contributed by atoms with van der Waals surface area (Å²) in [7, 11) is 0. The molecule has 2 aromatic heterocycles. The Hall–Kier alpha value is -1.71. The fourth-order valence-electron chi connectivity index (χ4n) is 2.50. The molecular formula is C15H12BrN3OS. The van der Waals surface area contributed by atoms with Gasteiger partial charge in [-0.1, -0.05) is 0 Å². The first kappa shape index (κ1) is 14.2. The van der Waals surface area contributed by atoms with Gasteiger partial charge in [0.15, 0.2) is 0 Å². The van der Waals surface area contributed by atoms with Crippen molar-refractivity contribution in [2.24, 2.45) is 0 Å². The summed E-state index contributed by atoms with van der Waals surface area (Å²) in [5.74, 6) is -0.245. The maximum Gasteiger partial charge on any atom is 0.259 e. The molecule has 2 heterocycles. The number of rotatable bonds is 2. The van der Waals surface area contributed by atoms with Crippen LogP contribution in [-0.4, -0.2) is 10.9 Å². The van der Waals surface area contributed by atoms with Crippen LogP contribution in [0.15, 0.2) is 22.9 Å². The van der Waals surface area contributed by atoms with Gasteiger partial charge < -0.3 is 5.32 Å². The van der Waals surface area contributed by atoms with E-state index in [-0.39, 0.29) is 5.91 Å². The quantitative estimate of drug-likeness (QED) is 0.824. The van der Waals surface area contributed by atoms with E-state index in [1.54, 1.807) is 18.3 Å². The highest BCUT2D eigenvalue weighted by Crippen LogP contribution is 2.37. The van der Waals surface area contributed by atoms with Crippen LogP contribution >= 0.6 is 27.3 Å². The lowest BCUT2D eigenvalue weighted by Gasteiger charge is -2.09. The average Bonchev–Trinajstić information content (AvgIpc) is 2.84. The highest BCUT2D eigenvalue weighted by atomic mass is 79.9. The van der Waals surface area contributed by atoms with Gasteiger partial charge in [-0.15, -0.1) is 11.3 Å². The third-order valence-electron chi connectivity index (χ3n) is 3.51. The number of pyridine rings is 1. The van der Waals surface area contributed by atoms with Gasteiger partial charge in [-0.3, -0.25) is 4.79 Å². The van der Waals surface area contributed by atoms with Gasteiger partial charge in [0.05, 0.1) is 11.1 Å². The number of aromatic nitrogens is 1. The monoisotopic (exact) mass is 361 g/mol. The number of nitriles is 1. The van der Waals surface area contributed by atoms with Gasteiger partial charge in [0.25, 0.3) is 5.91 Å². The molecule has 0 bridgehead atoms. The number of nitrogens with zero attached hydrogens (tertiary/aromatic N) is 2. The lowest BCUT2D eigenvalue weighted by atomic mass is 9.96. The number of carbonyl (C=O) groups excluding carboxylic acids is 1. The number of fused-ring (bicyclic) bond motifs is 1. The van der Waals surface area contributed by atoms with E-state index in [1.807, 2.05) is 0 Å². The average molecular weight is 362 g/mol. The van der Waals surface area contributed by atoms with Gasteiger partial charge in [0.1, 0.15) is 15.7 Å². The molecule has 0 saturated carbocycles. The van der Waals surface area contributed by atoms with Gasteiger partial charge in [0, 0.05) is 11.1 Å². The summed E-state index contributed by atoms with van der Waals surface area (Å²) in [6.45, 7) is 0. The van der Waals surface area contributed by atoms with Crippen LogP contribution < -0.4 is 5.32 Å². The molecular weight excluding hydrogens is 350 g/mol. The molecule has 1 aliphatic carbocycles. The van der Waals surface area contributed by atoms with E-state index in [4.69, 9.17) is 0 Å². The fraction of sp³-hybridized carbons (Fsp3) is 0.267. The predicted molar refractivity (Wildman–Crippen MR) is 85.6 cm³/mol. The van der Waals surface area contributed by atoms with Crippen LogP contribution in [0.2, 0.25) is 0 Å². The van der Waals surface area contributed by atoms with Crippen LogP contribution in [0.1, 0.15) is 39.2 Å². The Labute approximate surface area is 135 Å². The molecule has 3 rings (SSSR count). The lowest BCUT2D eigenvalue weighted by Crippen LogP contribution is -2.13. The molecule has 0 aliphatic heterocycles. The first-order valence-corrected chi connectivity index (χ1v) is 8.28. The molecule has 0 fully saturated rings. The number of carbonyl (C=O) groups is 1. The SMILES string of the molecule is N#Cc1c(NC(=O)c2cccnc2Br)sc2c1CCCC2. The summed E-state index contributed by atoms with van der Waals surface area (Å²) in [5.41, 5.74) is 2.21. The Bertz CT molecular complexity index is 748. The van der Waals surface area contributed by atoms with E-state index in [9.17, 15) is 10.1 Å². The number of aryl methyl sites for hydroxylation is 1. The number of hydrogen-bond acceptors (Lipinski definition) is 4. The molecule has 6 heteroatoms. The molecule has 0 atom stereocenters. The zero-order chi connectivity index (χ0) is 14.8. The molecule has 0 aromatic carbocycles. The second kappa shape index (κ2) is 5.96. The minimum absolute atomic E-state index is 0.245. The summed E-state index contributed by atoms with van der Waals surface area (Å²) in [6.07, 6.45) is 5.81. The number of anilines is 1. The molecule has 1 N–H and O–H groups in total. The molecule has 0 radical (unpaired) electrons. The van der Waals surface area contributed by atoms with Crippen LogP contribution in [0.4, 0.5) is 5.00 Å². The summed E-state index contributed by atoms with van der Waals surface area (Å²) in [5, 5.41) is 12.9. The number of nitrogens with one attached hydrogen (secondary N) is 1. The summed E-state index contributed by atoms with van der Waals surface area (Å²) in [4.78, 5) is 17.6. The minimum atomic E-state index is -0.245. The maximum atomic E-state index is 12.3. The van der Waals surface area contributed by atoms with Gasteiger partial charge in [-0.2, -0.15) is 5.26 Å². The molecule has 4 nitrogen and oxygen atoms in total. The van der Waals surface area contributed by atoms with Crippen molar-refractivity contribution in [3.63, 3.8) is 0 Å². The molecule has 0 spiro atoms. The van der Waals surface area contributed by atoms with Crippen LogP contribution in [0.3, 0.4) is 0 Å². The topological polar surface area (TPSA) is 65.8 Å². The Balaban J connectivity index is 1.92. The molecule has 0 unspecified atom stereocenters. The van der Waals surface area contributed by atoms with E-state index in [0.717, 1.165) is 31.2 Å². The highest BCUT2D eigenvalue weighted by molar-refractivity contribution is 9.10. The predicted octanol–water partition coefficient (Wildman–Crippen LogP) is 3.91. The van der Waals surface area contributed by atoms with E-state index in [2.05, 4.69) is 32.3 Å². The Morgan fingerprint density at radius 3 is 3.00 bits per heavy atom. The molecule has 106 valence electrons. The fourth-order valence-corrected chi connectivity index (χ4v) is 4.16. The smallest absolute Gasteiger partial charge is 0.259 e. The van der Waals surface area contributed by atoms with Gasteiger partial charge in [0.2, 0.25) is 0 Å². The number of halogens is 1. The standard InChI is InChI=1S/C15H12BrN3OS/c16-13-10(5-3-7-18-13)14(20)19-15-11(8-17)9-4-1-2-6-12(9)21-15/h3,5,7H,1-2,4,6H2,(H,19,20). The molecule has 1 amide bonds. The van der Waals surface area contributed by atoms with Crippen molar-refractivity contribution < 1.29 is 4.79 Å². The van der Waals surface area contributed by atoms with E-state index >= 15 is 0 Å². The van der Waals surface area contributed by atoms with E-state index in [0.29, 0.717) is 20.7 Å². The number of hydrogen-bond donors (Lipinski definition) is 1. The third-order valence-corrected chi connectivity index (χ3v) is 5.35. The van der Waals surface area contributed by atoms with Gasteiger partial charge in [-0.25, -0.2) is 4.98 Å². The van der Waals surface area contributed by atoms with Crippen LogP contribution in [0.5, 0.6) is 0 Å². The van der Waals surface area contributed by atoms with Crippen molar-refractivity contribution in [2.75, 3.05) is 5.32 Å². The van der Waals surface area contributed by atoms with Crippen molar-refractivity contribution in [2.45, 2.75) is 25.7 Å². The number of thiophene rings is 1. The first-order chi connectivity index (χ1) is 10.2. The van der Waals surface area contributed by atoms with Crippen molar-refractivity contribution in [1.82, 2.24) is 4.98 Å². The minimum Gasteiger partial charge on any atom is -0.312 e. The lowest BCUT2D eigenvalue weighted by molar-refractivity contribution is 0.102. The third kappa shape index (κ3) is 2.71. The molecule has 21 heavy (non-hydrogen) atoms. The second-order valence-electron chi connectivity index (χ2n) is 4.82. The van der Waals surface area contributed by atoms with E-state index in [1.165, 1.54) is 16.2 Å². The van der Waals surface area contributed by atoms with Crippen molar-refractivity contribution in [1.29, 1.82) is 5.26 Å². The zero-order valence-electron chi connectivity index (χ0n) is 11.1.